The van der Waals surface area contributed by atoms with Crippen LogP contribution in [0.4, 0.5) is 32.2 Å². The second-order valence-corrected chi connectivity index (χ2v) is 4.95. The van der Waals surface area contributed by atoms with Crippen molar-refractivity contribution in [2.24, 2.45) is 0 Å². The number of rotatable bonds is 3. The lowest BCUT2D eigenvalue weighted by atomic mass is 10.0. The molecule has 0 aliphatic carbocycles. The van der Waals surface area contributed by atoms with Crippen molar-refractivity contribution in [1.82, 2.24) is 9.78 Å². The van der Waals surface area contributed by atoms with E-state index in [-0.39, 0.29) is 5.82 Å². The van der Waals surface area contributed by atoms with E-state index in [4.69, 9.17) is 0 Å². The first kappa shape index (κ1) is 17.8. The van der Waals surface area contributed by atoms with Crippen molar-refractivity contribution >= 4 is 11.7 Å². The zero-order valence-corrected chi connectivity index (χ0v) is 12.2. The summed E-state index contributed by atoms with van der Waals surface area (Å²) >= 11 is 0. The average Bonchev–Trinajstić information content (AvgIpc) is 2.82. The largest absolute Gasteiger partial charge is 0.416 e. The van der Waals surface area contributed by atoms with Crippen LogP contribution in [0.15, 0.2) is 30.5 Å². The molecule has 0 saturated heterocycles. The Bertz CT molecular complexity index is 748. The summed E-state index contributed by atoms with van der Waals surface area (Å²) in [6.07, 6.45) is -8.30. The molecule has 10 heteroatoms. The number of hydrogen-bond acceptors (Lipinski definition) is 2. The standard InChI is InChI=1S/C14H11F6N3O/c1-8(24)21-12-4-5-23(22-12)7-9-6-10(13(15,16)17)2-3-11(9)14(18,19)20/h2-6H,7H2,1H3,(H,21,22,24). The fourth-order valence-electron chi connectivity index (χ4n) is 2.05. The van der Waals surface area contributed by atoms with Crippen molar-refractivity contribution in [2.45, 2.75) is 25.8 Å². The van der Waals surface area contributed by atoms with Gasteiger partial charge in [0.05, 0.1) is 17.7 Å². The van der Waals surface area contributed by atoms with E-state index in [1.807, 2.05) is 0 Å². The highest BCUT2D eigenvalue weighted by molar-refractivity contribution is 5.87. The molecule has 0 atom stereocenters. The third-order valence-electron chi connectivity index (χ3n) is 3.02. The lowest BCUT2D eigenvalue weighted by Gasteiger charge is -2.15. The first-order chi connectivity index (χ1) is 11.0. The summed E-state index contributed by atoms with van der Waals surface area (Å²) in [5.41, 5.74) is -2.93. The Hall–Kier alpha value is -2.52. The Morgan fingerprint density at radius 2 is 1.79 bits per heavy atom. The van der Waals surface area contributed by atoms with Crippen LogP contribution in [0.2, 0.25) is 0 Å². The fourth-order valence-corrected chi connectivity index (χ4v) is 2.05. The van der Waals surface area contributed by atoms with Gasteiger partial charge >= 0.3 is 12.4 Å². The van der Waals surface area contributed by atoms with Crippen molar-refractivity contribution in [3.8, 4) is 0 Å². The number of carbonyl (C=O) groups is 1. The number of hydrogen-bond donors (Lipinski definition) is 1. The molecule has 130 valence electrons. The maximum absolute atomic E-state index is 13.0. The van der Waals surface area contributed by atoms with Crippen LogP contribution in [0, 0.1) is 0 Å². The molecule has 24 heavy (non-hydrogen) atoms. The summed E-state index contributed by atoms with van der Waals surface area (Å²) in [6.45, 7) is 0.686. The van der Waals surface area contributed by atoms with Gasteiger partial charge in [-0.25, -0.2) is 0 Å². The van der Waals surface area contributed by atoms with Gasteiger partial charge < -0.3 is 5.32 Å². The Balaban J connectivity index is 2.39. The summed E-state index contributed by atoms with van der Waals surface area (Å²) in [4.78, 5) is 10.9. The predicted molar refractivity (Wildman–Crippen MR) is 72.1 cm³/mol. The van der Waals surface area contributed by atoms with Crippen LogP contribution >= 0.6 is 0 Å². The Morgan fingerprint density at radius 1 is 1.12 bits per heavy atom. The molecule has 1 N–H and O–H groups in total. The van der Waals surface area contributed by atoms with Crippen molar-refractivity contribution in [2.75, 3.05) is 5.32 Å². The molecule has 0 aliphatic heterocycles. The molecule has 1 aromatic carbocycles. The number of amides is 1. The summed E-state index contributed by atoms with van der Waals surface area (Å²) in [6, 6.07) is 2.55. The maximum atomic E-state index is 13.0. The first-order valence-electron chi connectivity index (χ1n) is 6.55. The van der Waals surface area contributed by atoms with Gasteiger partial charge in [0, 0.05) is 19.2 Å². The minimum atomic E-state index is -4.80. The highest BCUT2D eigenvalue weighted by atomic mass is 19.4. The van der Waals surface area contributed by atoms with E-state index in [2.05, 4.69) is 10.4 Å². The molecule has 1 heterocycles. The molecular formula is C14H11F6N3O. The summed E-state index contributed by atoms with van der Waals surface area (Å²) in [5.74, 6) is -0.349. The van der Waals surface area contributed by atoms with E-state index in [1.54, 1.807) is 0 Å². The van der Waals surface area contributed by atoms with Crippen molar-refractivity contribution in [3.63, 3.8) is 0 Å². The molecule has 2 aromatic rings. The SMILES string of the molecule is CC(=O)Nc1ccn(Cc2cc(C(F)(F)F)ccc2C(F)(F)F)n1. The van der Waals surface area contributed by atoms with E-state index in [9.17, 15) is 31.1 Å². The van der Waals surface area contributed by atoms with E-state index in [0.29, 0.717) is 18.2 Å². The molecule has 0 unspecified atom stereocenters. The van der Waals surface area contributed by atoms with Crippen LogP contribution < -0.4 is 5.32 Å². The second kappa shape index (κ2) is 6.17. The summed E-state index contributed by atoms with van der Waals surface area (Å²) in [7, 11) is 0. The molecule has 1 aromatic heterocycles. The third kappa shape index (κ3) is 4.27. The van der Waals surface area contributed by atoms with Crippen LogP contribution in [0.3, 0.4) is 0 Å². The topological polar surface area (TPSA) is 46.9 Å². The number of aromatic nitrogens is 2. The molecule has 1 amide bonds. The number of carbonyl (C=O) groups excluding carboxylic acids is 1. The van der Waals surface area contributed by atoms with E-state index in [1.165, 1.54) is 19.2 Å². The van der Waals surface area contributed by atoms with E-state index >= 15 is 0 Å². The number of nitrogens with one attached hydrogen (secondary N) is 1. The predicted octanol–water partition coefficient (Wildman–Crippen LogP) is 3.93. The van der Waals surface area contributed by atoms with Gasteiger partial charge in [0.25, 0.3) is 0 Å². The number of alkyl halides is 6. The quantitative estimate of drug-likeness (QED) is 0.852. The molecule has 2 rings (SSSR count). The van der Waals surface area contributed by atoms with Crippen LogP contribution in [-0.2, 0) is 23.7 Å². The van der Waals surface area contributed by atoms with Gasteiger partial charge in [0.15, 0.2) is 5.82 Å². The normalized spacial score (nSPS) is 12.3. The highest BCUT2D eigenvalue weighted by Crippen LogP contribution is 2.36. The summed E-state index contributed by atoms with van der Waals surface area (Å²) < 4.78 is 78.2. The highest BCUT2D eigenvalue weighted by Gasteiger charge is 2.37. The van der Waals surface area contributed by atoms with Crippen LogP contribution in [0.25, 0.3) is 0 Å². The molecular weight excluding hydrogens is 340 g/mol. The first-order valence-corrected chi connectivity index (χ1v) is 6.55. The Morgan fingerprint density at radius 3 is 2.33 bits per heavy atom. The zero-order valence-electron chi connectivity index (χ0n) is 12.2. The lowest BCUT2D eigenvalue weighted by molar-refractivity contribution is -0.141. The van der Waals surface area contributed by atoms with Crippen LogP contribution in [-0.4, -0.2) is 15.7 Å². The monoisotopic (exact) mass is 351 g/mol. The molecule has 0 radical (unpaired) electrons. The number of nitrogens with zero attached hydrogens (tertiary/aromatic N) is 2. The van der Waals surface area contributed by atoms with Crippen molar-refractivity contribution in [1.29, 1.82) is 0 Å². The second-order valence-electron chi connectivity index (χ2n) is 4.95. The fraction of sp³-hybridized carbons (Fsp3) is 0.286. The van der Waals surface area contributed by atoms with Crippen molar-refractivity contribution in [3.05, 3.63) is 47.2 Å². The van der Waals surface area contributed by atoms with Crippen LogP contribution in [0.1, 0.15) is 23.6 Å². The number of halogens is 6. The molecule has 0 fully saturated rings. The Kier molecular flexibility index (Phi) is 4.59. The number of anilines is 1. The number of benzene rings is 1. The van der Waals surface area contributed by atoms with E-state index < -0.39 is 41.5 Å². The van der Waals surface area contributed by atoms with Gasteiger partial charge in [-0.1, -0.05) is 0 Å². The molecule has 0 saturated carbocycles. The smallest absolute Gasteiger partial charge is 0.309 e. The molecule has 0 aliphatic rings. The maximum Gasteiger partial charge on any atom is 0.416 e. The zero-order chi connectivity index (χ0) is 18.1. The molecule has 0 spiro atoms. The molecule has 0 bridgehead atoms. The van der Waals surface area contributed by atoms with Gasteiger partial charge in [-0.15, -0.1) is 0 Å². The minimum Gasteiger partial charge on any atom is -0.309 e. The Labute approximate surface area is 132 Å². The van der Waals surface area contributed by atoms with Gasteiger partial charge in [0.2, 0.25) is 5.91 Å². The summed E-state index contributed by atoms with van der Waals surface area (Å²) in [5, 5.41) is 6.12. The van der Waals surface area contributed by atoms with Crippen molar-refractivity contribution < 1.29 is 31.1 Å². The average molecular weight is 351 g/mol. The minimum absolute atomic E-state index is 0.0861. The lowest BCUT2D eigenvalue weighted by Crippen LogP contribution is -2.15. The van der Waals surface area contributed by atoms with Gasteiger partial charge in [-0.05, 0) is 23.8 Å². The molecule has 4 nitrogen and oxygen atoms in total. The van der Waals surface area contributed by atoms with Crippen LogP contribution in [0.5, 0.6) is 0 Å². The third-order valence-corrected chi connectivity index (χ3v) is 3.02. The van der Waals surface area contributed by atoms with Gasteiger partial charge in [0.1, 0.15) is 0 Å². The van der Waals surface area contributed by atoms with Gasteiger partial charge in [-0.2, -0.15) is 31.4 Å². The van der Waals surface area contributed by atoms with Gasteiger partial charge in [-0.3, -0.25) is 9.48 Å². The van der Waals surface area contributed by atoms with E-state index in [0.717, 1.165) is 4.68 Å².